The van der Waals surface area contributed by atoms with E-state index >= 15 is 8.78 Å². The summed E-state index contributed by atoms with van der Waals surface area (Å²) < 4.78 is 37.2. The average molecular weight is 527 g/mol. The lowest BCUT2D eigenvalue weighted by Gasteiger charge is -2.58. The number of hydrogen-bond donors (Lipinski definition) is 0. The Morgan fingerprint density at radius 2 is 1.24 bits per heavy atom. The third-order valence-electron chi connectivity index (χ3n) is 12.7. The van der Waals surface area contributed by atoms with Crippen molar-refractivity contribution in [3.63, 3.8) is 0 Å². The Bertz CT molecular complexity index is 702. The van der Waals surface area contributed by atoms with Gasteiger partial charge in [-0.1, -0.05) is 58.8 Å². The van der Waals surface area contributed by atoms with Gasteiger partial charge in [0.2, 0.25) is 0 Å². The number of epoxide rings is 1. The van der Waals surface area contributed by atoms with Crippen molar-refractivity contribution in [1.29, 1.82) is 0 Å². The molecule has 6 fully saturated rings. The molecular weight excluding hydrogens is 466 g/mol. The van der Waals surface area contributed by atoms with Gasteiger partial charge in [-0.2, -0.15) is 0 Å². The van der Waals surface area contributed by atoms with E-state index in [4.69, 9.17) is 4.74 Å². The fraction of sp³-hybridized carbons (Fsp3) is 1.00. The first-order chi connectivity index (χ1) is 17.3. The summed E-state index contributed by atoms with van der Waals surface area (Å²) in [4.78, 5) is 0. The van der Waals surface area contributed by atoms with Crippen LogP contribution >= 0.6 is 0 Å². The van der Waals surface area contributed by atoms with Crippen LogP contribution in [0.5, 0.6) is 0 Å². The third-order valence-corrected chi connectivity index (χ3v) is 12.7. The SMILES string of the molecule is CCCCCCC1(C)OC12C(F)CC(C1CCC(C34CCC(CCCCC)(CC3)CC4)CC1)CC2F.O.[HH]. The molecule has 5 saturated carbocycles. The second-order valence-electron chi connectivity index (χ2n) is 14.5. The summed E-state index contributed by atoms with van der Waals surface area (Å²) >= 11 is 0. The van der Waals surface area contributed by atoms with Gasteiger partial charge >= 0.3 is 0 Å². The van der Waals surface area contributed by atoms with E-state index in [9.17, 15) is 0 Å². The topological polar surface area (TPSA) is 44.0 Å². The minimum Gasteiger partial charge on any atom is -0.412 e. The van der Waals surface area contributed by atoms with E-state index in [0.717, 1.165) is 25.2 Å². The first-order valence-corrected chi connectivity index (χ1v) is 16.3. The van der Waals surface area contributed by atoms with Gasteiger partial charge in [0, 0.05) is 1.43 Å². The van der Waals surface area contributed by atoms with Crippen LogP contribution in [0.4, 0.5) is 8.78 Å². The third kappa shape index (κ3) is 5.42. The lowest BCUT2D eigenvalue weighted by Crippen LogP contribution is -2.50. The summed E-state index contributed by atoms with van der Waals surface area (Å²) in [7, 11) is 0. The van der Waals surface area contributed by atoms with Crippen LogP contribution in [0.3, 0.4) is 0 Å². The van der Waals surface area contributed by atoms with E-state index in [1.54, 1.807) is 0 Å². The number of unbranched alkanes of at least 4 members (excludes halogenated alkanes) is 5. The van der Waals surface area contributed by atoms with Gasteiger partial charge in [0.05, 0.1) is 0 Å². The summed E-state index contributed by atoms with van der Waals surface area (Å²) in [5.74, 6) is 1.62. The lowest BCUT2D eigenvalue weighted by molar-refractivity contribution is -0.0715. The highest BCUT2D eigenvalue weighted by Crippen LogP contribution is 2.65. The van der Waals surface area contributed by atoms with E-state index in [2.05, 4.69) is 13.8 Å². The smallest absolute Gasteiger partial charge is 0.159 e. The van der Waals surface area contributed by atoms with Gasteiger partial charge in [-0.15, -0.1) is 0 Å². The fourth-order valence-corrected chi connectivity index (χ4v) is 10.1. The summed E-state index contributed by atoms with van der Waals surface area (Å²) in [5, 5.41) is 0. The van der Waals surface area contributed by atoms with Crippen molar-refractivity contribution in [2.75, 3.05) is 0 Å². The van der Waals surface area contributed by atoms with Crippen LogP contribution in [0.25, 0.3) is 0 Å². The van der Waals surface area contributed by atoms with Gasteiger partial charge < -0.3 is 10.2 Å². The van der Waals surface area contributed by atoms with Crippen LogP contribution in [0.2, 0.25) is 0 Å². The monoisotopic (exact) mass is 526 g/mol. The molecule has 2 bridgehead atoms. The molecule has 0 radical (unpaired) electrons. The molecule has 6 aliphatic rings. The highest BCUT2D eigenvalue weighted by Gasteiger charge is 2.76. The molecule has 3 atom stereocenters. The zero-order valence-electron chi connectivity index (χ0n) is 24.4. The van der Waals surface area contributed by atoms with Crippen molar-refractivity contribution in [3.8, 4) is 0 Å². The Balaban J connectivity index is 0.00000200. The van der Waals surface area contributed by atoms with Crippen molar-refractivity contribution in [1.82, 2.24) is 0 Å². The van der Waals surface area contributed by atoms with E-state index < -0.39 is 23.5 Å². The molecule has 4 heteroatoms. The predicted octanol–water partition coefficient (Wildman–Crippen LogP) is 9.72. The van der Waals surface area contributed by atoms with E-state index in [0.29, 0.717) is 29.6 Å². The normalized spacial score (nSPS) is 47.1. The Hall–Kier alpha value is -0.220. The van der Waals surface area contributed by atoms with Crippen LogP contribution in [-0.2, 0) is 4.74 Å². The number of rotatable bonds is 11. The molecule has 0 aromatic heterocycles. The summed E-state index contributed by atoms with van der Waals surface area (Å²) in [6.07, 6.45) is 23.7. The van der Waals surface area contributed by atoms with Gasteiger partial charge in [-0.05, 0) is 125 Å². The molecule has 2 nitrogen and oxygen atoms in total. The first kappa shape index (κ1) is 29.8. The second-order valence-corrected chi connectivity index (χ2v) is 14.5. The standard InChI is InChI=1S/C33H56F2O.H2O.H2/c1-4-6-8-10-15-30(3)33(36-30)28(34)23-26(24-29(33)35)25-11-13-27(14-12-25)32-20-17-31(18-21-32,19-22-32)16-9-7-5-2;;/h25-29H,4-24H2,1-3H3;1H2;1H. The quantitative estimate of drug-likeness (QED) is 0.195. The molecule has 1 aliphatic heterocycles. The van der Waals surface area contributed by atoms with Crippen LogP contribution in [0, 0.1) is 28.6 Å². The number of hydrogen-bond acceptors (Lipinski definition) is 1. The van der Waals surface area contributed by atoms with Crippen molar-refractivity contribution in [2.24, 2.45) is 28.6 Å². The summed E-state index contributed by atoms with van der Waals surface area (Å²) in [6, 6.07) is 0. The number of halogens is 2. The molecule has 0 amide bonds. The summed E-state index contributed by atoms with van der Waals surface area (Å²) in [6.45, 7) is 6.50. The number of alkyl halides is 2. The molecule has 5 aliphatic carbocycles. The molecule has 1 saturated heterocycles. The van der Waals surface area contributed by atoms with Crippen molar-refractivity contribution < 1.29 is 20.4 Å². The van der Waals surface area contributed by atoms with Gasteiger partial charge in [0.1, 0.15) is 17.9 Å². The van der Waals surface area contributed by atoms with Crippen molar-refractivity contribution >= 4 is 0 Å². The maximum atomic E-state index is 15.6. The predicted molar refractivity (Wildman–Crippen MR) is 151 cm³/mol. The Morgan fingerprint density at radius 1 is 0.703 bits per heavy atom. The Kier molecular flexibility index (Phi) is 9.42. The van der Waals surface area contributed by atoms with Crippen molar-refractivity contribution in [2.45, 2.75) is 179 Å². The van der Waals surface area contributed by atoms with Crippen LogP contribution in [0.1, 0.15) is 157 Å². The lowest BCUT2D eigenvalue weighted by atomic mass is 9.47. The van der Waals surface area contributed by atoms with E-state index in [1.165, 1.54) is 103 Å². The molecule has 218 valence electrons. The molecule has 1 spiro atoms. The maximum absolute atomic E-state index is 15.6. The molecule has 37 heavy (non-hydrogen) atoms. The molecule has 3 unspecified atom stereocenters. The molecule has 0 aromatic carbocycles. The van der Waals surface area contributed by atoms with Crippen molar-refractivity contribution in [3.05, 3.63) is 0 Å². The zero-order valence-corrected chi connectivity index (χ0v) is 24.4. The highest BCUT2D eigenvalue weighted by atomic mass is 19.1. The minimum atomic E-state index is -1.13. The maximum Gasteiger partial charge on any atom is 0.159 e. The van der Waals surface area contributed by atoms with E-state index in [-0.39, 0.29) is 12.8 Å². The largest absolute Gasteiger partial charge is 0.412 e. The number of fused-ring (bicyclic) bond motifs is 3. The highest BCUT2D eigenvalue weighted by molar-refractivity contribution is 5.23. The Morgan fingerprint density at radius 3 is 1.81 bits per heavy atom. The first-order valence-electron chi connectivity index (χ1n) is 16.3. The van der Waals surface area contributed by atoms with Crippen LogP contribution in [0.15, 0.2) is 0 Å². The minimum absolute atomic E-state index is 0. The molecule has 0 aromatic rings. The van der Waals surface area contributed by atoms with Gasteiger partial charge in [-0.25, -0.2) is 8.78 Å². The van der Waals surface area contributed by atoms with Gasteiger partial charge in [-0.3, -0.25) is 0 Å². The Labute approximate surface area is 228 Å². The average Bonchev–Trinajstić information content (AvgIpc) is 3.53. The van der Waals surface area contributed by atoms with E-state index in [1.807, 2.05) is 6.92 Å². The van der Waals surface area contributed by atoms with Crippen LogP contribution < -0.4 is 0 Å². The fourth-order valence-electron chi connectivity index (χ4n) is 10.1. The molecule has 6 rings (SSSR count). The molecular formula is C33H60F2O2. The van der Waals surface area contributed by atoms with Gasteiger partial charge in [0.25, 0.3) is 0 Å². The second kappa shape index (κ2) is 11.7. The molecule has 2 N–H and O–H groups in total. The zero-order chi connectivity index (χ0) is 25.4. The number of ether oxygens (including phenoxy) is 1. The van der Waals surface area contributed by atoms with Crippen LogP contribution in [-0.4, -0.2) is 29.0 Å². The molecule has 1 heterocycles. The summed E-state index contributed by atoms with van der Waals surface area (Å²) in [5.41, 5.74) is -0.399. The van der Waals surface area contributed by atoms with Gasteiger partial charge in [0.15, 0.2) is 5.60 Å².